The Morgan fingerprint density at radius 3 is 2.93 bits per heavy atom. The summed E-state index contributed by atoms with van der Waals surface area (Å²) in [5, 5.41) is 0.513. The molecule has 0 spiro atoms. The van der Waals surface area contributed by atoms with Gasteiger partial charge in [-0.2, -0.15) is 0 Å². The van der Waals surface area contributed by atoms with E-state index < -0.39 is 0 Å². The molecule has 74 valence electrons. The van der Waals surface area contributed by atoms with E-state index in [4.69, 9.17) is 16.3 Å². The zero-order valence-corrected chi connectivity index (χ0v) is 8.67. The standard InChI is InChI=1S/C11H11ClO2/c1-3-10(13)9-7-8(12)5-6-11(9)14-4-2/h3,5-7H,1,4H2,2H3. The van der Waals surface area contributed by atoms with Crippen molar-refractivity contribution in [2.75, 3.05) is 6.61 Å². The summed E-state index contributed by atoms with van der Waals surface area (Å²) in [7, 11) is 0. The molecule has 2 nitrogen and oxygen atoms in total. The Morgan fingerprint density at radius 1 is 1.64 bits per heavy atom. The Labute approximate surface area is 88.1 Å². The van der Waals surface area contributed by atoms with Gasteiger partial charge in [0.05, 0.1) is 12.2 Å². The van der Waals surface area contributed by atoms with Crippen LogP contribution in [0.25, 0.3) is 0 Å². The average molecular weight is 211 g/mol. The molecular formula is C11H11ClO2. The van der Waals surface area contributed by atoms with E-state index in [2.05, 4.69) is 6.58 Å². The lowest BCUT2D eigenvalue weighted by Gasteiger charge is -2.07. The number of allylic oxidation sites excluding steroid dienone is 1. The molecule has 0 N–H and O–H groups in total. The fraction of sp³-hybridized carbons (Fsp3) is 0.182. The summed E-state index contributed by atoms with van der Waals surface area (Å²) >= 11 is 5.78. The maximum absolute atomic E-state index is 11.4. The molecule has 1 aromatic rings. The van der Waals surface area contributed by atoms with Gasteiger partial charge in [-0.15, -0.1) is 0 Å². The first-order chi connectivity index (χ1) is 6.69. The monoisotopic (exact) mass is 210 g/mol. The first-order valence-corrected chi connectivity index (χ1v) is 4.66. The fourth-order valence-electron chi connectivity index (χ4n) is 1.09. The van der Waals surface area contributed by atoms with Crippen LogP contribution < -0.4 is 4.74 Å². The van der Waals surface area contributed by atoms with Crippen LogP contribution in [-0.2, 0) is 0 Å². The maximum atomic E-state index is 11.4. The number of halogens is 1. The highest BCUT2D eigenvalue weighted by molar-refractivity contribution is 6.31. The van der Waals surface area contributed by atoms with Crippen molar-refractivity contribution < 1.29 is 9.53 Å². The molecule has 0 aliphatic heterocycles. The molecule has 0 fully saturated rings. The highest BCUT2D eigenvalue weighted by Crippen LogP contribution is 2.23. The van der Waals surface area contributed by atoms with Crippen molar-refractivity contribution in [3.8, 4) is 5.75 Å². The molecule has 0 aromatic heterocycles. The molecule has 0 aliphatic rings. The summed E-state index contributed by atoms with van der Waals surface area (Å²) in [5.41, 5.74) is 0.453. The minimum Gasteiger partial charge on any atom is -0.493 e. The summed E-state index contributed by atoms with van der Waals surface area (Å²) in [6.07, 6.45) is 1.24. The molecule has 0 bridgehead atoms. The number of benzene rings is 1. The molecule has 0 atom stereocenters. The summed E-state index contributed by atoms with van der Waals surface area (Å²) in [4.78, 5) is 11.4. The van der Waals surface area contributed by atoms with Gasteiger partial charge in [-0.3, -0.25) is 4.79 Å². The highest BCUT2D eigenvalue weighted by atomic mass is 35.5. The van der Waals surface area contributed by atoms with Gasteiger partial charge in [-0.25, -0.2) is 0 Å². The number of ether oxygens (including phenoxy) is 1. The molecule has 3 heteroatoms. The molecule has 0 aliphatic carbocycles. The molecule has 0 saturated carbocycles. The van der Waals surface area contributed by atoms with Gasteiger partial charge >= 0.3 is 0 Å². The van der Waals surface area contributed by atoms with Crippen molar-refractivity contribution in [1.29, 1.82) is 0 Å². The molecule has 1 aromatic carbocycles. The molecule has 0 radical (unpaired) electrons. The summed E-state index contributed by atoms with van der Waals surface area (Å²) in [6, 6.07) is 4.95. The van der Waals surface area contributed by atoms with E-state index in [9.17, 15) is 4.79 Å². The zero-order chi connectivity index (χ0) is 10.6. The van der Waals surface area contributed by atoms with Gasteiger partial charge in [-0.1, -0.05) is 18.2 Å². The van der Waals surface area contributed by atoms with E-state index in [0.717, 1.165) is 0 Å². The van der Waals surface area contributed by atoms with Crippen LogP contribution in [0.2, 0.25) is 5.02 Å². The number of hydrogen-bond acceptors (Lipinski definition) is 2. The molecule has 0 amide bonds. The third kappa shape index (κ3) is 2.36. The Morgan fingerprint density at radius 2 is 2.36 bits per heavy atom. The van der Waals surface area contributed by atoms with Crippen molar-refractivity contribution in [2.24, 2.45) is 0 Å². The van der Waals surface area contributed by atoms with Gasteiger partial charge in [-0.05, 0) is 31.2 Å². The first kappa shape index (κ1) is 10.8. The van der Waals surface area contributed by atoms with E-state index in [0.29, 0.717) is 22.9 Å². The second-order valence-electron chi connectivity index (χ2n) is 2.64. The van der Waals surface area contributed by atoms with Gasteiger partial charge in [0.15, 0.2) is 5.78 Å². The predicted octanol–water partition coefficient (Wildman–Crippen LogP) is 3.11. The third-order valence-corrected chi connectivity index (χ3v) is 1.93. The van der Waals surface area contributed by atoms with Crippen molar-refractivity contribution in [1.82, 2.24) is 0 Å². The highest BCUT2D eigenvalue weighted by Gasteiger charge is 2.09. The van der Waals surface area contributed by atoms with Gasteiger partial charge in [0.1, 0.15) is 5.75 Å². The summed E-state index contributed by atoms with van der Waals surface area (Å²) in [5.74, 6) is 0.359. The Bertz CT molecular complexity index is 358. The lowest BCUT2D eigenvalue weighted by molar-refractivity contribution is 0.104. The van der Waals surface area contributed by atoms with Crippen molar-refractivity contribution in [3.05, 3.63) is 41.4 Å². The fourth-order valence-corrected chi connectivity index (χ4v) is 1.26. The van der Waals surface area contributed by atoms with Gasteiger partial charge in [0.25, 0.3) is 0 Å². The Hall–Kier alpha value is -1.28. The normalized spacial score (nSPS) is 9.57. The minimum atomic E-state index is -0.184. The quantitative estimate of drug-likeness (QED) is 0.564. The maximum Gasteiger partial charge on any atom is 0.189 e. The van der Waals surface area contributed by atoms with E-state index in [1.165, 1.54) is 6.08 Å². The van der Waals surface area contributed by atoms with Gasteiger partial charge < -0.3 is 4.74 Å². The smallest absolute Gasteiger partial charge is 0.189 e. The number of carbonyl (C=O) groups is 1. The summed E-state index contributed by atoms with van der Waals surface area (Å²) in [6.45, 7) is 5.79. The summed E-state index contributed by atoms with van der Waals surface area (Å²) < 4.78 is 5.29. The topological polar surface area (TPSA) is 26.3 Å². The van der Waals surface area contributed by atoms with Crippen LogP contribution in [0.5, 0.6) is 5.75 Å². The van der Waals surface area contributed by atoms with Crippen LogP contribution in [0, 0.1) is 0 Å². The molecule has 1 rings (SSSR count). The van der Waals surface area contributed by atoms with Crippen molar-refractivity contribution >= 4 is 17.4 Å². The largest absolute Gasteiger partial charge is 0.493 e. The lowest BCUT2D eigenvalue weighted by atomic mass is 10.1. The van der Waals surface area contributed by atoms with E-state index in [1.807, 2.05) is 6.92 Å². The lowest BCUT2D eigenvalue weighted by Crippen LogP contribution is -2.01. The van der Waals surface area contributed by atoms with E-state index >= 15 is 0 Å². The van der Waals surface area contributed by atoms with Crippen LogP contribution in [-0.4, -0.2) is 12.4 Å². The van der Waals surface area contributed by atoms with E-state index in [-0.39, 0.29) is 5.78 Å². The minimum absolute atomic E-state index is 0.184. The zero-order valence-electron chi connectivity index (χ0n) is 7.92. The van der Waals surface area contributed by atoms with Gasteiger partial charge in [0, 0.05) is 5.02 Å². The van der Waals surface area contributed by atoms with Crippen LogP contribution in [0.3, 0.4) is 0 Å². The van der Waals surface area contributed by atoms with Crippen LogP contribution in [0.4, 0.5) is 0 Å². The van der Waals surface area contributed by atoms with Crippen LogP contribution in [0.1, 0.15) is 17.3 Å². The first-order valence-electron chi connectivity index (χ1n) is 4.28. The second-order valence-corrected chi connectivity index (χ2v) is 3.08. The second kappa shape index (κ2) is 4.82. The third-order valence-electron chi connectivity index (χ3n) is 1.69. The van der Waals surface area contributed by atoms with E-state index in [1.54, 1.807) is 18.2 Å². The molecule has 0 saturated heterocycles. The molecule has 14 heavy (non-hydrogen) atoms. The predicted molar refractivity (Wildman–Crippen MR) is 57.1 cm³/mol. The number of hydrogen-bond donors (Lipinski definition) is 0. The molecular weight excluding hydrogens is 200 g/mol. The molecule has 0 heterocycles. The Kier molecular flexibility index (Phi) is 3.72. The SMILES string of the molecule is C=CC(=O)c1cc(Cl)ccc1OCC. The van der Waals surface area contributed by atoms with Crippen molar-refractivity contribution in [2.45, 2.75) is 6.92 Å². The van der Waals surface area contributed by atoms with Crippen LogP contribution in [0.15, 0.2) is 30.9 Å². The number of carbonyl (C=O) groups excluding carboxylic acids is 1. The van der Waals surface area contributed by atoms with Crippen LogP contribution >= 0.6 is 11.6 Å². The number of ketones is 1. The number of rotatable bonds is 4. The van der Waals surface area contributed by atoms with Gasteiger partial charge in [0.2, 0.25) is 0 Å². The Balaban J connectivity index is 3.14. The average Bonchev–Trinajstić information content (AvgIpc) is 2.20. The van der Waals surface area contributed by atoms with Crippen molar-refractivity contribution in [3.63, 3.8) is 0 Å². The molecule has 0 unspecified atom stereocenters.